The average Bonchev–Trinajstić information content (AvgIpc) is 2.44. The standard InChI is InChI=1S/C14H17BrN2O4/c1-9(2)14(20)21-8-13(19)16-7-12(18)17-11-6-4-3-5-10(11)15/h3-6,9H,7-8H2,1-2H3,(H,16,19)(H,17,18). The molecule has 0 aliphatic carbocycles. The van der Waals surface area contributed by atoms with Gasteiger partial charge in [-0.05, 0) is 28.1 Å². The molecule has 0 aliphatic rings. The number of carbonyl (C=O) groups excluding carboxylic acids is 3. The van der Waals surface area contributed by atoms with E-state index in [0.717, 1.165) is 4.47 Å². The largest absolute Gasteiger partial charge is 0.455 e. The Morgan fingerprint density at radius 1 is 1.19 bits per heavy atom. The molecule has 21 heavy (non-hydrogen) atoms. The molecule has 1 aromatic carbocycles. The summed E-state index contributed by atoms with van der Waals surface area (Å²) in [4.78, 5) is 34.3. The minimum Gasteiger partial charge on any atom is -0.455 e. The Kier molecular flexibility index (Phi) is 6.87. The van der Waals surface area contributed by atoms with Crippen LogP contribution in [0.15, 0.2) is 28.7 Å². The number of halogens is 1. The van der Waals surface area contributed by atoms with Crippen molar-refractivity contribution in [2.75, 3.05) is 18.5 Å². The first-order valence-corrected chi connectivity index (χ1v) is 7.17. The van der Waals surface area contributed by atoms with E-state index in [1.54, 1.807) is 32.0 Å². The zero-order chi connectivity index (χ0) is 15.8. The Balaban J connectivity index is 2.31. The molecule has 0 atom stereocenters. The molecule has 0 unspecified atom stereocenters. The van der Waals surface area contributed by atoms with E-state index in [1.807, 2.05) is 6.07 Å². The van der Waals surface area contributed by atoms with Crippen molar-refractivity contribution in [2.45, 2.75) is 13.8 Å². The first kappa shape index (κ1) is 17.2. The molecule has 1 aromatic rings. The summed E-state index contributed by atoms with van der Waals surface area (Å²) < 4.78 is 5.49. The van der Waals surface area contributed by atoms with Crippen LogP contribution in [-0.2, 0) is 19.1 Å². The predicted octanol–water partition coefficient (Wildman–Crippen LogP) is 1.70. The highest BCUT2D eigenvalue weighted by atomic mass is 79.9. The predicted molar refractivity (Wildman–Crippen MR) is 81.6 cm³/mol. The van der Waals surface area contributed by atoms with Gasteiger partial charge in [0.15, 0.2) is 6.61 Å². The highest BCUT2D eigenvalue weighted by molar-refractivity contribution is 9.10. The van der Waals surface area contributed by atoms with Crippen LogP contribution in [0.3, 0.4) is 0 Å². The number of carbonyl (C=O) groups is 3. The lowest BCUT2D eigenvalue weighted by Crippen LogP contribution is -2.36. The van der Waals surface area contributed by atoms with Crippen molar-refractivity contribution in [2.24, 2.45) is 5.92 Å². The van der Waals surface area contributed by atoms with Crippen LogP contribution in [0.5, 0.6) is 0 Å². The quantitative estimate of drug-likeness (QED) is 0.759. The fraction of sp³-hybridized carbons (Fsp3) is 0.357. The lowest BCUT2D eigenvalue weighted by Gasteiger charge is -2.09. The molecule has 0 saturated carbocycles. The van der Waals surface area contributed by atoms with E-state index in [4.69, 9.17) is 4.74 Å². The molecule has 0 radical (unpaired) electrons. The summed E-state index contributed by atoms with van der Waals surface area (Å²) in [7, 11) is 0. The minimum absolute atomic E-state index is 0.195. The van der Waals surface area contributed by atoms with Gasteiger partial charge in [0, 0.05) is 4.47 Å². The number of esters is 1. The van der Waals surface area contributed by atoms with Crippen LogP contribution < -0.4 is 10.6 Å². The Bertz CT molecular complexity index is 531. The van der Waals surface area contributed by atoms with E-state index in [1.165, 1.54) is 0 Å². The average molecular weight is 357 g/mol. The van der Waals surface area contributed by atoms with E-state index in [2.05, 4.69) is 26.6 Å². The number of ether oxygens (including phenoxy) is 1. The number of amides is 2. The molecule has 0 saturated heterocycles. The second kappa shape index (κ2) is 8.41. The fourth-order valence-electron chi connectivity index (χ4n) is 1.29. The summed E-state index contributed by atoms with van der Waals surface area (Å²) in [6.07, 6.45) is 0. The fourth-order valence-corrected chi connectivity index (χ4v) is 1.67. The van der Waals surface area contributed by atoms with Gasteiger partial charge in [0.1, 0.15) is 0 Å². The number of hydrogen-bond acceptors (Lipinski definition) is 4. The van der Waals surface area contributed by atoms with Gasteiger partial charge in [-0.1, -0.05) is 26.0 Å². The molecule has 2 N–H and O–H groups in total. The van der Waals surface area contributed by atoms with E-state index < -0.39 is 11.9 Å². The third kappa shape index (κ3) is 6.40. The maximum atomic E-state index is 11.7. The molecule has 0 fully saturated rings. The monoisotopic (exact) mass is 356 g/mol. The van der Waals surface area contributed by atoms with Crippen molar-refractivity contribution in [3.63, 3.8) is 0 Å². The van der Waals surface area contributed by atoms with Crippen molar-refractivity contribution in [3.05, 3.63) is 28.7 Å². The SMILES string of the molecule is CC(C)C(=O)OCC(=O)NCC(=O)Nc1ccccc1Br. The van der Waals surface area contributed by atoms with E-state index in [9.17, 15) is 14.4 Å². The van der Waals surface area contributed by atoms with Crippen molar-refractivity contribution < 1.29 is 19.1 Å². The van der Waals surface area contributed by atoms with Gasteiger partial charge in [0.05, 0.1) is 18.2 Å². The number of rotatable bonds is 6. The van der Waals surface area contributed by atoms with Crippen LogP contribution in [0.1, 0.15) is 13.8 Å². The van der Waals surface area contributed by atoms with Crippen molar-refractivity contribution in [1.82, 2.24) is 5.32 Å². The molecule has 2 amide bonds. The Morgan fingerprint density at radius 2 is 1.86 bits per heavy atom. The smallest absolute Gasteiger partial charge is 0.308 e. The summed E-state index contributed by atoms with van der Waals surface area (Å²) in [5.41, 5.74) is 0.614. The van der Waals surface area contributed by atoms with Crippen LogP contribution >= 0.6 is 15.9 Å². The second-order valence-corrected chi connectivity index (χ2v) is 5.42. The summed E-state index contributed by atoms with van der Waals surface area (Å²) in [5.74, 6) is -1.64. The van der Waals surface area contributed by atoms with Gasteiger partial charge in [0.2, 0.25) is 5.91 Å². The van der Waals surface area contributed by atoms with Gasteiger partial charge in [-0.25, -0.2) is 0 Å². The molecule has 0 aromatic heterocycles. The second-order valence-electron chi connectivity index (χ2n) is 4.57. The summed E-state index contributed by atoms with van der Waals surface area (Å²) in [6.45, 7) is 2.76. The minimum atomic E-state index is -0.522. The van der Waals surface area contributed by atoms with Gasteiger partial charge >= 0.3 is 5.97 Å². The maximum Gasteiger partial charge on any atom is 0.308 e. The van der Waals surface area contributed by atoms with Crippen LogP contribution in [-0.4, -0.2) is 30.9 Å². The van der Waals surface area contributed by atoms with Crippen LogP contribution in [0.25, 0.3) is 0 Å². The third-order valence-corrected chi connectivity index (χ3v) is 3.10. The van der Waals surface area contributed by atoms with Gasteiger partial charge in [-0.15, -0.1) is 0 Å². The van der Waals surface area contributed by atoms with Gasteiger partial charge in [0.25, 0.3) is 5.91 Å². The van der Waals surface area contributed by atoms with E-state index >= 15 is 0 Å². The molecule has 1 rings (SSSR count). The first-order valence-electron chi connectivity index (χ1n) is 6.38. The Hall–Kier alpha value is -1.89. The van der Waals surface area contributed by atoms with Crippen molar-refractivity contribution in [3.8, 4) is 0 Å². The van der Waals surface area contributed by atoms with Gasteiger partial charge in [-0.2, -0.15) is 0 Å². The molecule has 7 heteroatoms. The highest BCUT2D eigenvalue weighted by Crippen LogP contribution is 2.20. The number of para-hydroxylation sites is 1. The lowest BCUT2D eigenvalue weighted by molar-refractivity contribution is -0.151. The summed E-state index contributed by atoms with van der Waals surface area (Å²) >= 11 is 3.30. The molecule has 6 nitrogen and oxygen atoms in total. The Labute approximate surface area is 131 Å². The first-order chi connectivity index (χ1) is 9.90. The lowest BCUT2D eigenvalue weighted by atomic mass is 10.2. The van der Waals surface area contributed by atoms with E-state index in [0.29, 0.717) is 5.69 Å². The van der Waals surface area contributed by atoms with E-state index in [-0.39, 0.29) is 25.0 Å². The molecule has 114 valence electrons. The van der Waals surface area contributed by atoms with Crippen LogP contribution in [0.4, 0.5) is 5.69 Å². The number of benzene rings is 1. The van der Waals surface area contributed by atoms with Gasteiger partial charge < -0.3 is 15.4 Å². The zero-order valence-corrected chi connectivity index (χ0v) is 13.4. The topological polar surface area (TPSA) is 84.5 Å². The zero-order valence-electron chi connectivity index (χ0n) is 11.8. The van der Waals surface area contributed by atoms with Crippen LogP contribution in [0.2, 0.25) is 0 Å². The molecule has 0 heterocycles. The summed E-state index contributed by atoms with van der Waals surface area (Å²) in [5, 5.41) is 5.01. The van der Waals surface area contributed by atoms with Crippen molar-refractivity contribution in [1.29, 1.82) is 0 Å². The molecular formula is C14H17BrN2O4. The highest BCUT2D eigenvalue weighted by Gasteiger charge is 2.12. The number of anilines is 1. The third-order valence-electron chi connectivity index (χ3n) is 2.41. The summed E-state index contributed by atoms with van der Waals surface area (Å²) in [6, 6.07) is 7.13. The molecule has 0 aliphatic heterocycles. The molecule has 0 bridgehead atoms. The number of hydrogen-bond donors (Lipinski definition) is 2. The normalized spacial score (nSPS) is 10.1. The van der Waals surface area contributed by atoms with Gasteiger partial charge in [-0.3, -0.25) is 14.4 Å². The molecule has 0 spiro atoms. The van der Waals surface area contributed by atoms with Crippen molar-refractivity contribution >= 4 is 39.4 Å². The number of nitrogens with one attached hydrogen (secondary N) is 2. The molecular weight excluding hydrogens is 340 g/mol. The van der Waals surface area contributed by atoms with Crippen LogP contribution in [0, 0.1) is 5.92 Å². The Morgan fingerprint density at radius 3 is 2.48 bits per heavy atom. The maximum absolute atomic E-state index is 11.7.